The van der Waals surface area contributed by atoms with Crippen LogP contribution in [-0.2, 0) is 4.43 Å². The summed E-state index contributed by atoms with van der Waals surface area (Å²) in [5.41, 5.74) is 0.243. The van der Waals surface area contributed by atoms with E-state index in [1.807, 2.05) is 6.08 Å². The molecule has 0 bridgehead atoms. The highest BCUT2D eigenvalue weighted by molar-refractivity contribution is 6.80. The fourth-order valence-electron chi connectivity index (χ4n) is 6.28. The van der Waals surface area contributed by atoms with Crippen LogP contribution in [0.2, 0.25) is 0 Å². The van der Waals surface area contributed by atoms with Gasteiger partial charge in [0, 0.05) is 0 Å². The van der Waals surface area contributed by atoms with Crippen molar-refractivity contribution in [2.24, 2.45) is 34.0 Å². The monoisotopic (exact) mass is 506 g/mol. The van der Waals surface area contributed by atoms with Crippen LogP contribution in [0, 0.1) is 34.0 Å². The van der Waals surface area contributed by atoms with E-state index in [0.717, 1.165) is 0 Å². The zero-order valence-electron chi connectivity index (χ0n) is 24.2. The third-order valence-corrected chi connectivity index (χ3v) is 11.9. The van der Waals surface area contributed by atoms with E-state index in [9.17, 15) is 5.11 Å². The molecule has 0 aromatic heterocycles. The Morgan fingerprint density at radius 1 is 0.889 bits per heavy atom. The summed E-state index contributed by atoms with van der Waals surface area (Å²) in [5.74, 6) is 1.07. The van der Waals surface area contributed by atoms with Gasteiger partial charge in [0.25, 0.3) is 0 Å². The summed E-state index contributed by atoms with van der Waals surface area (Å²) in [6.07, 6.45) is 6.41. The summed E-state index contributed by atoms with van der Waals surface area (Å²) in [5, 5.41) is 13.1. The van der Waals surface area contributed by atoms with Crippen LogP contribution < -0.4 is 10.4 Å². The smallest absolute Gasteiger partial charge is 0.240 e. The molecule has 2 aromatic carbocycles. The van der Waals surface area contributed by atoms with Gasteiger partial charge >= 0.3 is 0 Å². The third-order valence-electron chi connectivity index (χ3n) is 9.36. The topological polar surface area (TPSA) is 29.5 Å². The van der Waals surface area contributed by atoms with Gasteiger partial charge in [0.2, 0.25) is 9.04 Å². The second kappa shape index (κ2) is 11.4. The fourth-order valence-corrected chi connectivity index (χ4v) is 9.01. The van der Waals surface area contributed by atoms with Gasteiger partial charge in [-0.3, -0.25) is 0 Å². The van der Waals surface area contributed by atoms with Gasteiger partial charge in [-0.1, -0.05) is 135 Å². The molecule has 1 unspecified atom stereocenters. The average Bonchev–Trinajstić information content (AvgIpc) is 3.07. The summed E-state index contributed by atoms with van der Waals surface area (Å²) >= 11 is 0. The largest absolute Gasteiger partial charge is 0.407 e. The number of allylic oxidation sites excluding steroid dienone is 1. The lowest BCUT2D eigenvalue weighted by Crippen LogP contribution is -2.54. The van der Waals surface area contributed by atoms with Crippen LogP contribution in [0.3, 0.4) is 0 Å². The molecule has 1 saturated carbocycles. The van der Waals surface area contributed by atoms with E-state index in [1.165, 1.54) is 23.2 Å². The number of hydrogen-bond donors (Lipinski definition) is 1. The molecule has 0 amide bonds. The first kappa shape index (κ1) is 28.9. The molecule has 0 spiro atoms. The first-order valence-corrected chi connectivity index (χ1v) is 15.5. The highest BCUT2D eigenvalue weighted by Gasteiger charge is 2.57. The van der Waals surface area contributed by atoms with Crippen molar-refractivity contribution in [3.63, 3.8) is 0 Å². The molecule has 0 radical (unpaired) electrons. The van der Waals surface area contributed by atoms with Crippen LogP contribution in [0.4, 0.5) is 0 Å². The van der Waals surface area contributed by atoms with E-state index in [4.69, 9.17) is 4.43 Å². The van der Waals surface area contributed by atoms with Crippen LogP contribution in [0.25, 0.3) is 0 Å². The molecule has 0 aliphatic heterocycles. The minimum Gasteiger partial charge on any atom is -0.407 e. The molecule has 2 nitrogen and oxygen atoms in total. The van der Waals surface area contributed by atoms with Gasteiger partial charge in [-0.25, -0.2) is 0 Å². The zero-order chi connectivity index (χ0) is 26.7. The molecule has 3 rings (SSSR count). The predicted octanol–water partition coefficient (Wildman–Crippen LogP) is 6.61. The van der Waals surface area contributed by atoms with Crippen LogP contribution in [-0.4, -0.2) is 26.4 Å². The second-order valence-corrected chi connectivity index (χ2v) is 15.7. The predicted molar refractivity (Wildman–Crippen MR) is 157 cm³/mol. The maximum atomic E-state index is 10.4. The molecule has 0 saturated heterocycles. The molecule has 5 atom stereocenters. The van der Waals surface area contributed by atoms with Crippen LogP contribution in [0.1, 0.15) is 75.2 Å². The lowest BCUT2D eigenvalue weighted by molar-refractivity contribution is -0.0424. The summed E-state index contributed by atoms with van der Waals surface area (Å²) in [7, 11) is -1.88. The van der Waals surface area contributed by atoms with E-state index in [0.29, 0.717) is 11.8 Å². The van der Waals surface area contributed by atoms with Gasteiger partial charge in [-0.05, 0) is 57.2 Å². The SMILES string of the molecule is CC(C)[C@@H](O)C=C[C@H](C)[C@@]1(C)CC[C@@H](C(O[SiH](c2ccccc2)c2ccccc2)C(C)(C)C)C1(C)C. The highest BCUT2D eigenvalue weighted by atomic mass is 28.3. The normalized spacial score (nSPS) is 24.9. The molecule has 36 heavy (non-hydrogen) atoms. The number of aliphatic hydroxyl groups is 1. The quantitative estimate of drug-likeness (QED) is 0.306. The molecule has 1 aliphatic rings. The lowest BCUT2D eigenvalue weighted by Gasteiger charge is -2.50. The first-order valence-electron chi connectivity index (χ1n) is 13.9. The number of hydrogen-bond acceptors (Lipinski definition) is 2. The van der Waals surface area contributed by atoms with E-state index >= 15 is 0 Å². The van der Waals surface area contributed by atoms with E-state index in [2.05, 4.69) is 129 Å². The standard InChI is InChI=1S/C33H50O2Si/c1-24(2)29(34)21-20-25(3)33(9)23-22-28(32(33,7)8)30(31(4,5)6)35-36(26-16-12-10-13-17-26)27-18-14-11-15-19-27/h10-21,24-25,28-30,34,36H,22-23H2,1-9H3/t25-,28-,29-,30?,33+/m0/s1. The molecule has 1 N–H and O–H groups in total. The van der Waals surface area contributed by atoms with Gasteiger partial charge in [0.1, 0.15) is 0 Å². The first-order chi connectivity index (χ1) is 16.8. The summed E-state index contributed by atoms with van der Waals surface area (Å²) in [4.78, 5) is 0. The maximum Gasteiger partial charge on any atom is 0.240 e. The molecular formula is C33H50O2Si. The molecule has 198 valence electrons. The number of rotatable bonds is 9. The number of aliphatic hydroxyl groups excluding tert-OH is 1. The van der Waals surface area contributed by atoms with Crippen molar-refractivity contribution in [2.45, 2.75) is 87.4 Å². The molecule has 1 aliphatic carbocycles. The average molecular weight is 507 g/mol. The highest BCUT2D eigenvalue weighted by Crippen LogP contribution is 2.62. The molecular weight excluding hydrogens is 456 g/mol. The zero-order valence-corrected chi connectivity index (χ0v) is 25.3. The van der Waals surface area contributed by atoms with E-state index in [1.54, 1.807) is 0 Å². The van der Waals surface area contributed by atoms with Crippen LogP contribution >= 0.6 is 0 Å². The molecule has 1 fully saturated rings. The van der Waals surface area contributed by atoms with Gasteiger partial charge < -0.3 is 9.53 Å². The Morgan fingerprint density at radius 2 is 1.39 bits per heavy atom. The van der Waals surface area contributed by atoms with Gasteiger partial charge in [-0.15, -0.1) is 0 Å². The van der Waals surface area contributed by atoms with Crippen molar-refractivity contribution in [2.75, 3.05) is 0 Å². The minimum atomic E-state index is -1.88. The van der Waals surface area contributed by atoms with Crippen LogP contribution in [0.15, 0.2) is 72.8 Å². The Balaban J connectivity index is 1.96. The second-order valence-electron chi connectivity index (χ2n) is 13.3. The Morgan fingerprint density at radius 3 is 1.83 bits per heavy atom. The number of benzene rings is 2. The Kier molecular flexibility index (Phi) is 9.12. The van der Waals surface area contributed by atoms with E-state index in [-0.39, 0.29) is 34.4 Å². The van der Waals surface area contributed by atoms with Crippen molar-refractivity contribution < 1.29 is 9.53 Å². The van der Waals surface area contributed by atoms with Gasteiger partial charge in [-0.2, -0.15) is 0 Å². The maximum absolute atomic E-state index is 10.4. The minimum absolute atomic E-state index is 0.0227. The lowest BCUT2D eigenvalue weighted by atomic mass is 9.58. The third kappa shape index (κ3) is 6.06. The summed E-state index contributed by atoms with van der Waals surface area (Å²) in [6.45, 7) is 20.9. The van der Waals surface area contributed by atoms with Crippen molar-refractivity contribution in [1.82, 2.24) is 0 Å². The van der Waals surface area contributed by atoms with Crippen molar-refractivity contribution in [1.29, 1.82) is 0 Å². The van der Waals surface area contributed by atoms with Gasteiger partial charge in [0.05, 0.1) is 12.2 Å². The fraction of sp³-hybridized carbons (Fsp3) is 0.576. The molecule has 0 heterocycles. The van der Waals surface area contributed by atoms with Crippen molar-refractivity contribution in [3.8, 4) is 0 Å². The van der Waals surface area contributed by atoms with Crippen molar-refractivity contribution >= 4 is 19.4 Å². The van der Waals surface area contributed by atoms with Gasteiger partial charge in [0.15, 0.2) is 0 Å². The Hall–Kier alpha value is -1.68. The van der Waals surface area contributed by atoms with E-state index < -0.39 is 9.04 Å². The van der Waals surface area contributed by atoms with Crippen molar-refractivity contribution in [3.05, 3.63) is 72.8 Å². The summed E-state index contributed by atoms with van der Waals surface area (Å²) in [6, 6.07) is 21.8. The summed E-state index contributed by atoms with van der Waals surface area (Å²) < 4.78 is 7.39. The van der Waals surface area contributed by atoms with Crippen LogP contribution in [0.5, 0.6) is 0 Å². The Labute approximate surface area is 222 Å². The molecule has 3 heteroatoms. The molecule has 2 aromatic rings. The Bertz CT molecular complexity index is 936.